The maximum atomic E-state index is 8.47. The first-order valence-electron chi connectivity index (χ1n) is 2.07. The van der Waals surface area contributed by atoms with Crippen LogP contribution in [-0.2, 0) is 0 Å². The monoisotopic (exact) mass is 100 g/mol. The van der Waals surface area contributed by atoms with E-state index in [2.05, 4.69) is 5.92 Å². The van der Waals surface area contributed by atoms with E-state index in [9.17, 15) is 0 Å². The summed E-state index contributed by atoms with van der Waals surface area (Å²) in [5, 5.41) is 16.3. The highest BCUT2D eigenvalue weighted by Crippen LogP contribution is 1.83. The van der Waals surface area contributed by atoms with Gasteiger partial charge >= 0.3 is 0 Å². The predicted octanol–water partition coefficient (Wildman–Crippen LogP) is 0.0907. The van der Waals surface area contributed by atoms with E-state index in [-0.39, 0.29) is 0 Å². The summed E-state index contributed by atoms with van der Waals surface area (Å²) in [4.78, 5) is 0. The van der Waals surface area contributed by atoms with E-state index in [4.69, 9.17) is 10.2 Å². The Morgan fingerprint density at radius 1 is 1.71 bits per heavy atom. The zero-order chi connectivity index (χ0) is 5.70. The minimum absolute atomic E-state index is 0.344. The van der Waals surface area contributed by atoms with Crippen molar-refractivity contribution in [2.75, 3.05) is 0 Å². The first kappa shape index (κ1) is 6.32. The normalized spacial score (nSPS) is 11.7. The van der Waals surface area contributed by atoms with Gasteiger partial charge in [0.15, 0.2) is 0 Å². The van der Waals surface area contributed by atoms with Gasteiger partial charge in [-0.15, -0.1) is 0 Å². The molecule has 0 amide bonds. The molecule has 0 radical (unpaired) electrons. The Bertz CT molecular complexity index is 86.0. The van der Waals surface area contributed by atoms with E-state index in [1.165, 1.54) is 0 Å². The molecular weight excluding hydrogens is 92.1 g/mol. The van der Waals surface area contributed by atoms with Gasteiger partial charge in [-0.3, -0.25) is 0 Å². The fraction of sp³-hybridized carbons (Fsp3) is 0.600. The van der Waals surface area contributed by atoms with Gasteiger partial charge in [0.05, 0.1) is 6.10 Å². The Kier molecular flexibility index (Phi) is 3.17. The van der Waals surface area contributed by atoms with Crippen molar-refractivity contribution in [3.8, 4) is 12.0 Å². The lowest BCUT2D eigenvalue weighted by Gasteiger charge is -1.90. The third-order valence-corrected chi connectivity index (χ3v) is 0.477. The molecule has 0 aromatic carbocycles. The Balaban J connectivity index is 3.08. The van der Waals surface area contributed by atoms with E-state index in [1.807, 2.05) is 0 Å². The van der Waals surface area contributed by atoms with Crippen molar-refractivity contribution in [3.63, 3.8) is 0 Å². The Morgan fingerprint density at radius 2 is 2.29 bits per heavy atom. The summed E-state index contributed by atoms with van der Waals surface area (Å²) in [5.74, 6) is 2.30. The molecule has 0 saturated heterocycles. The van der Waals surface area contributed by atoms with Gasteiger partial charge in [0.2, 0.25) is 0 Å². The van der Waals surface area contributed by atoms with E-state index in [0.717, 1.165) is 0 Å². The second kappa shape index (κ2) is 3.51. The molecule has 0 spiro atoms. The molecule has 40 valence electrons. The minimum Gasteiger partial charge on any atom is -0.462 e. The molecule has 0 aliphatic rings. The third-order valence-electron chi connectivity index (χ3n) is 0.477. The van der Waals surface area contributed by atoms with Crippen LogP contribution in [0.3, 0.4) is 0 Å². The minimum atomic E-state index is -0.431. The van der Waals surface area contributed by atoms with Crippen molar-refractivity contribution < 1.29 is 10.2 Å². The van der Waals surface area contributed by atoms with E-state index in [0.29, 0.717) is 6.42 Å². The fourth-order valence-electron chi connectivity index (χ4n) is 0.193. The van der Waals surface area contributed by atoms with Gasteiger partial charge in [-0.05, 0) is 6.92 Å². The summed E-state index contributed by atoms with van der Waals surface area (Å²) < 4.78 is 0. The lowest BCUT2D eigenvalue weighted by atomic mass is 10.3. The molecule has 0 fully saturated rings. The third kappa shape index (κ3) is 5.32. The summed E-state index contributed by atoms with van der Waals surface area (Å²) in [6, 6.07) is 0. The van der Waals surface area contributed by atoms with Gasteiger partial charge in [-0.1, -0.05) is 5.92 Å². The highest BCUT2D eigenvalue weighted by molar-refractivity contribution is 4.90. The summed E-state index contributed by atoms with van der Waals surface area (Å²) in [5.41, 5.74) is 0. The molecule has 0 aliphatic carbocycles. The van der Waals surface area contributed by atoms with Crippen LogP contribution in [0.5, 0.6) is 0 Å². The summed E-state index contributed by atoms with van der Waals surface area (Å²) in [7, 11) is 0. The van der Waals surface area contributed by atoms with Crippen molar-refractivity contribution >= 4 is 0 Å². The molecule has 2 N–H and O–H groups in total. The van der Waals surface area contributed by atoms with Gasteiger partial charge in [0.25, 0.3) is 0 Å². The molecule has 0 bridgehead atoms. The number of hydrogen-bond acceptors (Lipinski definition) is 2. The average molecular weight is 100 g/mol. The van der Waals surface area contributed by atoms with Crippen LogP contribution < -0.4 is 0 Å². The van der Waals surface area contributed by atoms with Crippen LogP contribution >= 0.6 is 0 Å². The fourth-order valence-corrected chi connectivity index (χ4v) is 0.193. The molecule has 1 unspecified atom stereocenters. The Labute approximate surface area is 42.8 Å². The van der Waals surface area contributed by atoms with Gasteiger partial charge in [-0.25, -0.2) is 0 Å². The van der Waals surface area contributed by atoms with Crippen LogP contribution in [-0.4, -0.2) is 16.3 Å². The highest BCUT2D eigenvalue weighted by Gasteiger charge is 1.86. The van der Waals surface area contributed by atoms with Crippen LogP contribution in [0, 0.1) is 12.0 Å². The van der Waals surface area contributed by atoms with Crippen LogP contribution in [0.1, 0.15) is 13.3 Å². The molecule has 7 heavy (non-hydrogen) atoms. The number of aliphatic hydroxyl groups is 2. The van der Waals surface area contributed by atoms with Crippen LogP contribution in [0.4, 0.5) is 0 Å². The topological polar surface area (TPSA) is 40.5 Å². The van der Waals surface area contributed by atoms with Crippen LogP contribution in [0.15, 0.2) is 0 Å². The zero-order valence-electron chi connectivity index (χ0n) is 4.18. The lowest BCUT2D eigenvalue weighted by Crippen LogP contribution is -1.95. The number of aliphatic hydroxyl groups excluding tert-OH is 2. The van der Waals surface area contributed by atoms with E-state index < -0.39 is 6.10 Å². The smallest absolute Gasteiger partial charge is 0.107 e. The molecule has 0 heterocycles. The number of rotatable bonds is 1. The van der Waals surface area contributed by atoms with Crippen molar-refractivity contribution in [3.05, 3.63) is 0 Å². The van der Waals surface area contributed by atoms with Gasteiger partial charge in [0, 0.05) is 6.42 Å². The molecule has 0 aromatic rings. The van der Waals surface area contributed by atoms with Crippen LogP contribution in [0.25, 0.3) is 0 Å². The van der Waals surface area contributed by atoms with Crippen molar-refractivity contribution in [2.24, 2.45) is 0 Å². The molecule has 2 heteroatoms. The molecule has 1 atom stereocenters. The number of hydrogen-bond donors (Lipinski definition) is 2. The van der Waals surface area contributed by atoms with E-state index >= 15 is 0 Å². The SMILES string of the molecule is CC(O)CC#CO. The van der Waals surface area contributed by atoms with Crippen molar-refractivity contribution in [2.45, 2.75) is 19.4 Å². The second-order valence-electron chi connectivity index (χ2n) is 1.34. The molecule has 2 nitrogen and oxygen atoms in total. The molecule has 0 saturated carbocycles. The first-order chi connectivity index (χ1) is 3.27. The summed E-state index contributed by atoms with van der Waals surface area (Å²) in [6.45, 7) is 1.62. The van der Waals surface area contributed by atoms with Crippen molar-refractivity contribution in [1.82, 2.24) is 0 Å². The first-order valence-corrected chi connectivity index (χ1v) is 2.07. The molecule has 0 rings (SSSR count). The summed E-state index contributed by atoms with van der Waals surface area (Å²) >= 11 is 0. The zero-order valence-corrected chi connectivity index (χ0v) is 4.18. The quantitative estimate of drug-likeness (QED) is 0.458. The van der Waals surface area contributed by atoms with Gasteiger partial charge < -0.3 is 10.2 Å². The average Bonchev–Trinajstić information content (AvgIpc) is 1.61. The lowest BCUT2D eigenvalue weighted by molar-refractivity contribution is 0.200. The maximum absolute atomic E-state index is 8.47. The maximum Gasteiger partial charge on any atom is 0.107 e. The predicted molar refractivity (Wildman–Crippen MR) is 26.0 cm³/mol. The van der Waals surface area contributed by atoms with Crippen LogP contribution in [0.2, 0.25) is 0 Å². The highest BCUT2D eigenvalue weighted by atomic mass is 16.3. The molecular formula is C5H8O2. The van der Waals surface area contributed by atoms with Gasteiger partial charge in [-0.2, -0.15) is 0 Å². The Hall–Kier alpha value is -0.680. The largest absolute Gasteiger partial charge is 0.462 e. The van der Waals surface area contributed by atoms with Crippen molar-refractivity contribution in [1.29, 1.82) is 0 Å². The van der Waals surface area contributed by atoms with Gasteiger partial charge in [0.1, 0.15) is 6.11 Å². The van der Waals surface area contributed by atoms with E-state index in [1.54, 1.807) is 13.0 Å². The molecule has 0 aliphatic heterocycles. The molecule has 0 aromatic heterocycles. The Morgan fingerprint density at radius 3 is 2.43 bits per heavy atom. The second-order valence-corrected chi connectivity index (χ2v) is 1.34. The summed E-state index contributed by atoms with van der Waals surface area (Å²) in [6.07, 6.45) is 1.60. The standard InChI is InChI=1S/C5H8O2/c1-5(7)3-2-4-6/h5-7H,3H2,1H3.